The van der Waals surface area contributed by atoms with Crippen molar-refractivity contribution in [3.8, 4) is 5.88 Å². The second-order valence-electron chi connectivity index (χ2n) is 9.15. The van der Waals surface area contributed by atoms with Crippen molar-refractivity contribution in [2.24, 2.45) is 0 Å². The Hall–Kier alpha value is -3.96. The highest BCUT2D eigenvalue weighted by Gasteiger charge is 2.20. The summed E-state index contributed by atoms with van der Waals surface area (Å²) in [5, 5.41) is 3.33. The van der Waals surface area contributed by atoms with Crippen molar-refractivity contribution >= 4 is 39.6 Å². The fourth-order valence-electron chi connectivity index (χ4n) is 3.83. The van der Waals surface area contributed by atoms with Crippen LogP contribution in [0.1, 0.15) is 65.8 Å². The number of rotatable bonds is 13. The molecule has 41 heavy (non-hydrogen) atoms. The van der Waals surface area contributed by atoms with Gasteiger partial charge in [-0.3, -0.25) is 9.59 Å². The summed E-state index contributed by atoms with van der Waals surface area (Å²) in [7, 11) is -4.16. The van der Waals surface area contributed by atoms with E-state index in [1.54, 1.807) is 36.4 Å². The Morgan fingerprint density at radius 2 is 1.51 bits per heavy atom. The quantitative estimate of drug-likeness (QED) is 0.251. The average Bonchev–Trinajstić information content (AvgIpc) is 2.94. The van der Waals surface area contributed by atoms with Gasteiger partial charge in [-0.2, -0.15) is 0 Å². The summed E-state index contributed by atoms with van der Waals surface area (Å²) in [6.45, 7) is 4.33. The molecule has 0 atom stereocenters. The maximum absolute atomic E-state index is 12.7. The number of hydrogen-bond donors (Lipinski definition) is 2. The largest absolute Gasteiger partial charge is 0.515 e. The van der Waals surface area contributed by atoms with E-state index in [0.717, 1.165) is 37.4 Å². The highest BCUT2D eigenvalue weighted by atomic mass is 35.5. The zero-order valence-electron chi connectivity index (χ0n) is 22.8. The third-order valence-corrected chi connectivity index (χ3v) is 7.54. The molecule has 0 radical (unpaired) electrons. The second-order valence-corrected chi connectivity index (χ2v) is 11.3. The molecular weight excluding hydrogens is 570 g/mol. The number of hydrogen-bond acceptors (Lipinski definition) is 8. The maximum Gasteiger partial charge on any atom is 0.515 e. The van der Waals surface area contributed by atoms with Crippen LogP contribution in [0.2, 0.25) is 5.02 Å². The summed E-state index contributed by atoms with van der Waals surface area (Å²) in [6, 6.07) is 15.0. The predicted octanol–water partition coefficient (Wildman–Crippen LogP) is 5.31. The van der Waals surface area contributed by atoms with E-state index in [1.165, 1.54) is 24.3 Å². The van der Waals surface area contributed by atoms with Gasteiger partial charge in [0.25, 0.3) is 21.8 Å². The molecule has 218 valence electrons. The number of benzene rings is 2. The fraction of sp³-hybridized carbons (Fsp3) is 0.310. The standard InChI is InChI=1S/C29H32ClN3O7S/c1-3-5-24(6-4-2)39-29(36)40-26-16-11-22(19-32-26)28(35)33-41(37,38)25-14-7-20(8-15-25)17-18-31-27(34)21-9-12-23(30)13-10-21/h7-16,19,24H,3-6,17-18H2,1-2H3,(H,31,34)(H,33,35). The summed E-state index contributed by atoms with van der Waals surface area (Å²) in [5.41, 5.74) is 1.23. The molecule has 3 aromatic rings. The van der Waals surface area contributed by atoms with Crippen LogP contribution in [0.5, 0.6) is 5.88 Å². The summed E-state index contributed by atoms with van der Waals surface area (Å²) >= 11 is 5.83. The number of halogens is 1. The molecule has 0 saturated heterocycles. The van der Waals surface area contributed by atoms with Gasteiger partial charge in [-0.25, -0.2) is 22.9 Å². The van der Waals surface area contributed by atoms with Crippen LogP contribution in [0.25, 0.3) is 0 Å². The monoisotopic (exact) mass is 601 g/mol. The molecule has 2 N–H and O–H groups in total. The van der Waals surface area contributed by atoms with E-state index in [-0.39, 0.29) is 28.4 Å². The van der Waals surface area contributed by atoms with Crippen molar-refractivity contribution in [2.75, 3.05) is 6.54 Å². The van der Waals surface area contributed by atoms with Gasteiger partial charge in [0, 0.05) is 29.4 Å². The predicted molar refractivity (Wildman–Crippen MR) is 154 cm³/mol. The molecule has 1 aromatic heterocycles. The zero-order valence-corrected chi connectivity index (χ0v) is 24.3. The van der Waals surface area contributed by atoms with Gasteiger partial charge < -0.3 is 14.8 Å². The molecule has 10 nitrogen and oxygen atoms in total. The smallest absolute Gasteiger partial charge is 0.431 e. The summed E-state index contributed by atoms with van der Waals surface area (Å²) < 4.78 is 37.8. The Kier molecular flexibility index (Phi) is 11.7. The van der Waals surface area contributed by atoms with E-state index in [2.05, 4.69) is 10.3 Å². The Balaban J connectivity index is 1.51. The highest BCUT2D eigenvalue weighted by molar-refractivity contribution is 7.90. The van der Waals surface area contributed by atoms with Gasteiger partial charge in [0.1, 0.15) is 6.10 Å². The van der Waals surface area contributed by atoms with Crippen molar-refractivity contribution in [1.29, 1.82) is 0 Å². The molecular formula is C29H32ClN3O7S. The van der Waals surface area contributed by atoms with Gasteiger partial charge in [0.15, 0.2) is 0 Å². The number of aromatic nitrogens is 1. The molecule has 0 unspecified atom stereocenters. The van der Waals surface area contributed by atoms with Gasteiger partial charge in [-0.05, 0) is 67.3 Å². The zero-order chi connectivity index (χ0) is 29.8. The maximum atomic E-state index is 12.7. The molecule has 0 aliphatic heterocycles. The van der Waals surface area contributed by atoms with Crippen LogP contribution in [-0.4, -0.2) is 44.0 Å². The van der Waals surface area contributed by atoms with Gasteiger partial charge in [-0.15, -0.1) is 0 Å². The van der Waals surface area contributed by atoms with Crippen LogP contribution < -0.4 is 14.8 Å². The first-order chi connectivity index (χ1) is 19.6. The van der Waals surface area contributed by atoms with Crippen LogP contribution in [0.3, 0.4) is 0 Å². The number of carbonyl (C=O) groups excluding carboxylic acids is 3. The molecule has 0 spiro atoms. The third kappa shape index (κ3) is 9.87. The lowest BCUT2D eigenvalue weighted by Crippen LogP contribution is -2.30. The summed E-state index contributed by atoms with van der Waals surface area (Å²) in [4.78, 5) is 40.6. The molecule has 1 heterocycles. The number of sulfonamides is 1. The second kappa shape index (κ2) is 15.2. The lowest BCUT2D eigenvalue weighted by molar-refractivity contribution is 0.0490. The first-order valence-electron chi connectivity index (χ1n) is 13.2. The molecule has 12 heteroatoms. The molecule has 0 fully saturated rings. The van der Waals surface area contributed by atoms with E-state index in [9.17, 15) is 22.8 Å². The Morgan fingerprint density at radius 3 is 2.10 bits per heavy atom. The minimum atomic E-state index is -4.16. The fourth-order valence-corrected chi connectivity index (χ4v) is 4.93. The number of ether oxygens (including phenoxy) is 2. The SMILES string of the molecule is CCCC(CCC)OC(=O)Oc1ccc(C(=O)NS(=O)(=O)c2ccc(CCNC(=O)c3ccc(Cl)cc3)cc2)cn1. The van der Waals surface area contributed by atoms with E-state index < -0.39 is 22.1 Å². The minimum Gasteiger partial charge on any atom is -0.431 e. The van der Waals surface area contributed by atoms with Crippen LogP contribution in [0.4, 0.5) is 4.79 Å². The van der Waals surface area contributed by atoms with E-state index in [1.807, 2.05) is 18.6 Å². The molecule has 3 rings (SSSR count). The summed E-state index contributed by atoms with van der Waals surface area (Å²) in [5.74, 6) is -1.22. The first kappa shape index (κ1) is 31.6. The number of carbonyl (C=O) groups is 3. The number of pyridine rings is 1. The van der Waals surface area contributed by atoms with Crippen LogP contribution in [0, 0.1) is 0 Å². The minimum absolute atomic E-state index is 0.0443. The van der Waals surface area contributed by atoms with Crippen LogP contribution >= 0.6 is 11.6 Å². The molecule has 2 aromatic carbocycles. The molecule has 2 amide bonds. The van der Waals surface area contributed by atoms with Gasteiger partial charge in [0.2, 0.25) is 5.88 Å². The van der Waals surface area contributed by atoms with Gasteiger partial charge in [0.05, 0.1) is 10.5 Å². The lowest BCUT2D eigenvalue weighted by atomic mass is 10.1. The molecule has 0 saturated carbocycles. The van der Waals surface area contributed by atoms with E-state index in [0.29, 0.717) is 23.6 Å². The Labute approximate surface area is 244 Å². The van der Waals surface area contributed by atoms with E-state index in [4.69, 9.17) is 21.1 Å². The lowest BCUT2D eigenvalue weighted by Gasteiger charge is -2.15. The van der Waals surface area contributed by atoms with Crippen LogP contribution in [-0.2, 0) is 21.2 Å². The van der Waals surface area contributed by atoms with Crippen molar-refractivity contribution in [3.63, 3.8) is 0 Å². The van der Waals surface area contributed by atoms with Gasteiger partial charge in [-0.1, -0.05) is 50.4 Å². The number of amides is 2. The first-order valence-corrected chi connectivity index (χ1v) is 15.0. The average molecular weight is 602 g/mol. The molecule has 0 aliphatic rings. The number of nitrogens with zero attached hydrogens (tertiary/aromatic N) is 1. The van der Waals surface area contributed by atoms with Crippen LogP contribution in [0.15, 0.2) is 71.8 Å². The normalized spacial score (nSPS) is 11.1. The summed E-state index contributed by atoms with van der Waals surface area (Å²) in [6.07, 6.45) is 3.59. The van der Waals surface area contributed by atoms with E-state index >= 15 is 0 Å². The van der Waals surface area contributed by atoms with Crippen molar-refractivity contribution in [2.45, 2.75) is 57.0 Å². The van der Waals surface area contributed by atoms with Crippen molar-refractivity contribution in [3.05, 3.63) is 88.6 Å². The topological polar surface area (TPSA) is 141 Å². The van der Waals surface area contributed by atoms with Crippen molar-refractivity contribution in [1.82, 2.24) is 15.0 Å². The Bertz CT molecular complexity index is 1420. The third-order valence-electron chi connectivity index (χ3n) is 5.94. The van der Waals surface area contributed by atoms with Gasteiger partial charge >= 0.3 is 6.16 Å². The van der Waals surface area contributed by atoms with Crippen molar-refractivity contribution < 1.29 is 32.3 Å². The number of nitrogens with one attached hydrogen (secondary N) is 2. The Morgan fingerprint density at radius 1 is 0.878 bits per heavy atom. The highest BCUT2D eigenvalue weighted by Crippen LogP contribution is 2.15. The molecule has 0 aliphatic carbocycles. The molecule has 0 bridgehead atoms.